The fourth-order valence-corrected chi connectivity index (χ4v) is 2.74. The van der Waals surface area contributed by atoms with Crippen LogP contribution in [0.1, 0.15) is 35.1 Å². The Balaban J connectivity index is 1.66. The molecule has 3 heterocycles. The summed E-state index contributed by atoms with van der Waals surface area (Å²) in [5.41, 5.74) is 0.371. The lowest BCUT2D eigenvalue weighted by Gasteiger charge is -2.18. The van der Waals surface area contributed by atoms with E-state index < -0.39 is 0 Å². The standard InChI is InChI=1S/C12H15N5O2S/c1-17-6-9(13-7-17)11(18)15-12-14-10(16-20-12)8-2-4-19-5-3-8/h6-8H,2-5H2,1H3,(H,14,15,16,18). The van der Waals surface area contributed by atoms with Crippen LogP contribution in [0.3, 0.4) is 0 Å². The van der Waals surface area contributed by atoms with Gasteiger partial charge in [0.2, 0.25) is 5.13 Å². The molecule has 20 heavy (non-hydrogen) atoms. The van der Waals surface area contributed by atoms with Gasteiger partial charge in [0, 0.05) is 43.9 Å². The smallest absolute Gasteiger partial charge is 0.277 e. The van der Waals surface area contributed by atoms with Gasteiger partial charge in [0.1, 0.15) is 11.5 Å². The Labute approximate surface area is 120 Å². The largest absolute Gasteiger partial charge is 0.381 e. The molecule has 0 radical (unpaired) electrons. The number of hydrogen-bond donors (Lipinski definition) is 1. The van der Waals surface area contributed by atoms with Crippen LogP contribution in [-0.4, -0.2) is 38.0 Å². The number of carbonyl (C=O) groups is 1. The molecule has 0 aromatic carbocycles. The van der Waals surface area contributed by atoms with Crippen molar-refractivity contribution in [1.29, 1.82) is 0 Å². The average Bonchev–Trinajstić information content (AvgIpc) is 3.09. The fourth-order valence-electron chi connectivity index (χ4n) is 2.10. The van der Waals surface area contributed by atoms with E-state index in [-0.39, 0.29) is 5.91 Å². The molecule has 0 saturated carbocycles. The Morgan fingerprint density at radius 3 is 3.00 bits per heavy atom. The van der Waals surface area contributed by atoms with E-state index in [0.29, 0.717) is 16.7 Å². The number of imidazole rings is 1. The molecule has 0 spiro atoms. The fraction of sp³-hybridized carbons (Fsp3) is 0.500. The van der Waals surface area contributed by atoms with Crippen molar-refractivity contribution < 1.29 is 9.53 Å². The maximum atomic E-state index is 11.9. The number of nitrogens with zero attached hydrogens (tertiary/aromatic N) is 4. The third-order valence-corrected chi connectivity index (χ3v) is 3.83. The van der Waals surface area contributed by atoms with Gasteiger partial charge in [-0.3, -0.25) is 10.1 Å². The van der Waals surface area contributed by atoms with Crippen molar-refractivity contribution in [3.8, 4) is 0 Å². The predicted molar refractivity (Wildman–Crippen MR) is 73.9 cm³/mol. The van der Waals surface area contributed by atoms with Crippen molar-refractivity contribution in [1.82, 2.24) is 18.9 Å². The van der Waals surface area contributed by atoms with Crippen molar-refractivity contribution in [2.45, 2.75) is 18.8 Å². The summed E-state index contributed by atoms with van der Waals surface area (Å²) in [4.78, 5) is 20.3. The molecule has 2 aromatic rings. The molecule has 3 rings (SSSR count). The van der Waals surface area contributed by atoms with E-state index in [9.17, 15) is 4.79 Å². The first-order valence-electron chi connectivity index (χ1n) is 6.43. The molecule has 0 aliphatic carbocycles. The number of ether oxygens (including phenoxy) is 1. The lowest BCUT2D eigenvalue weighted by atomic mass is 10.00. The zero-order chi connectivity index (χ0) is 13.9. The SMILES string of the molecule is Cn1cnc(C(=O)Nc2nc(C3CCOCC3)ns2)c1. The van der Waals surface area contributed by atoms with Crippen molar-refractivity contribution in [3.05, 3.63) is 24.0 Å². The van der Waals surface area contributed by atoms with Crippen LogP contribution < -0.4 is 5.32 Å². The molecule has 106 valence electrons. The van der Waals surface area contributed by atoms with Gasteiger partial charge in [-0.25, -0.2) is 9.97 Å². The van der Waals surface area contributed by atoms with Crippen LogP contribution >= 0.6 is 11.5 Å². The Morgan fingerprint density at radius 2 is 2.30 bits per heavy atom. The van der Waals surface area contributed by atoms with Gasteiger partial charge < -0.3 is 9.30 Å². The monoisotopic (exact) mass is 293 g/mol. The highest BCUT2D eigenvalue weighted by molar-refractivity contribution is 7.09. The van der Waals surface area contributed by atoms with Crippen molar-refractivity contribution in [3.63, 3.8) is 0 Å². The summed E-state index contributed by atoms with van der Waals surface area (Å²) in [7, 11) is 1.82. The highest BCUT2D eigenvalue weighted by Gasteiger charge is 2.21. The second-order valence-electron chi connectivity index (χ2n) is 4.72. The molecule has 1 fully saturated rings. The second-order valence-corrected chi connectivity index (χ2v) is 5.47. The van der Waals surface area contributed by atoms with Crippen molar-refractivity contribution >= 4 is 22.6 Å². The second kappa shape index (κ2) is 5.68. The van der Waals surface area contributed by atoms with E-state index in [0.717, 1.165) is 31.9 Å². The lowest BCUT2D eigenvalue weighted by molar-refractivity contribution is 0.0838. The van der Waals surface area contributed by atoms with Crippen LogP contribution in [0.15, 0.2) is 12.5 Å². The molecule has 1 amide bonds. The van der Waals surface area contributed by atoms with E-state index >= 15 is 0 Å². The summed E-state index contributed by atoms with van der Waals surface area (Å²) in [6.07, 6.45) is 5.12. The third kappa shape index (κ3) is 2.86. The highest BCUT2D eigenvalue weighted by Crippen LogP contribution is 2.27. The normalized spacial score (nSPS) is 16.2. The molecule has 0 atom stereocenters. The Bertz CT molecular complexity index is 603. The van der Waals surface area contributed by atoms with E-state index in [1.54, 1.807) is 17.1 Å². The first-order valence-corrected chi connectivity index (χ1v) is 7.20. The zero-order valence-electron chi connectivity index (χ0n) is 11.1. The molecule has 1 N–H and O–H groups in total. The summed E-state index contributed by atoms with van der Waals surface area (Å²) in [6.45, 7) is 1.50. The van der Waals surface area contributed by atoms with Crippen LogP contribution in [0.2, 0.25) is 0 Å². The Kier molecular flexibility index (Phi) is 3.75. The number of rotatable bonds is 3. The number of aromatic nitrogens is 4. The molecule has 0 bridgehead atoms. The summed E-state index contributed by atoms with van der Waals surface area (Å²) < 4.78 is 11.4. The maximum Gasteiger partial charge on any atom is 0.277 e. The van der Waals surface area contributed by atoms with E-state index in [1.807, 2.05) is 7.05 Å². The van der Waals surface area contributed by atoms with Crippen molar-refractivity contribution in [2.24, 2.45) is 7.05 Å². The average molecular weight is 293 g/mol. The number of nitrogens with one attached hydrogen (secondary N) is 1. The van der Waals surface area contributed by atoms with Gasteiger partial charge in [-0.05, 0) is 12.8 Å². The van der Waals surface area contributed by atoms with Gasteiger partial charge in [-0.2, -0.15) is 4.37 Å². The zero-order valence-corrected chi connectivity index (χ0v) is 11.9. The molecule has 1 aliphatic heterocycles. The highest BCUT2D eigenvalue weighted by atomic mass is 32.1. The maximum absolute atomic E-state index is 11.9. The molecule has 1 saturated heterocycles. The number of aryl methyl sites for hydroxylation is 1. The lowest BCUT2D eigenvalue weighted by Crippen LogP contribution is -2.15. The molecular weight excluding hydrogens is 278 g/mol. The van der Waals surface area contributed by atoms with Crippen LogP contribution in [0.25, 0.3) is 0 Å². The van der Waals surface area contributed by atoms with Crippen LogP contribution in [0, 0.1) is 0 Å². The van der Waals surface area contributed by atoms with Crippen LogP contribution in [-0.2, 0) is 11.8 Å². The third-order valence-electron chi connectivity index (χ3n) is 3.19. The first kappa shape index (κ1) is 13.2. The minimum absolute atomic E-state index is 0.264. The van der Waals surface area contributed by atoms with Gasteiger partial charge >= 0.3 is 0 Å². The number of carbonyl (C=O) groups excluding carboxylic acids is 1. The van der Waals surface area contributed by atoms with E-state index in [2.05, 4.69) is 19.7 Å². The number of amides is 1. The van der Waals surface area contributed by atoms with E-state index in [4.69, 9.17) is 4.74 Å². The Morgan fingerprint density at radius 1 is 1.50 bits per heavy atom. The van der Waals surface area contributed by atoms with Gasteiger partial charge in [0.15, 0.2) is 0 Å². The molecule has 2 aromatic heterocycles. The summed E-state index contributed by atoms with van der Waals surface area (Å²) in [5, 5.41) is 3.25. The predicted octanol–water partition coefficient (Wildman–Crippen LogP) is 1.42. The van der Waals surface area contributed by atoms with Gasteiger partial charge in [-0.15, -0.1) is 0 Å². The Hall–Kier alpha value is -1.80. The molecular formula is C12H15N5O2S. The topological polar surface area (TPSA) is 81.9 Å². The minimum atomic E-state index is -0.264. The molecule has 8 heteroatoms. The van der Waals surface area contributed by atoms with Crippen LogP contribution in [0.5, 0.6) is 0 Å². The van der Waals surface area contributed by atoms with Crippen LogP contribution in [0.4, 0.5) is 5.13 Å². The molecule has 1 aliphatic rings. The summed E-state index contributed by atoms with van der Waals surface area (Å²) >= 11 is 1.20. The van der Waals surface area contributed by atoms with E-state index in [1.165, 1.54) is 11.5 Å². The number of anilines is 1. The van der Waals surface area contributed by atoms with Gasteiger partial charge in [0.25, 0.3) is 5.91 Å². The first-order chi connectivity index (χ1) is 9.72. The van der Waals surface area contributed by atoms with Gasteiger partial charge in [-0.1, -0.05) is 0 Å². The molecule has 7 nitrogen and oxygen atoms in total. The number of hydrogen-bond acceptors (Lipinski definition) is 6. The van der Waals surface area contributed by atoms with Crippen molar-refractivity contribution in [2.75, 3.05) is 18.5 Å². The quantitative estimate of drug-likeness (QED) is 0.925. The summed E-state index contributed by atoms with van der Waals surface area (Å²) in [5.74, 6) is 0.871. The molecule has 0 unspecified atom stereocenters. The van der Waals surface area contributed by atoms with Gasteiger partial charge in [0.05, 0.1) is 6.33 Å². The summed E-state index contributed by atoms with van der Waals surface area (Å²) in [6, 6.07) is 0. The minimum Gasteiger partial charge on any atom is -0.381 e.